The number of imidazole rings is 1. The second kappa shape index (κ2) is 3.82. The molecule has 76 valence electrons. The van der Waals surface area contributed by atoms with Crippen LogP contribution in [0.5, 0.6) is 0 Å². The highest BCUT2D eigenvalue weighted by atomic mass is 79.9. The molecule has 2 heterocycles. The van der Waals surface area contributed by atoms with E-state index in [1.54, 1.807) is 0 Å². The summed E-state index contributed by atoms with van der Waals surface area (Å²) in [6.45, 7) is 3.48. The van der Waals surface area contributed by atoms with Crippen LogP contribution in [0.4, 0.5) is 0 Å². The summed E-state index contributed by atoms with van der Waals surface area (Å²) in [5, 5.41) is 0. The lowest BCUT2D eigenvalue weighted by atomic mass is 10.2. The van der Waals surface area contributed by atoms with Gasteiger partial charge in [-0.25, -0.2) is 4.98 Å². The van der Waals surface area contributed by atoms with Gasteiger partial charge in [-0.3, -0.25) is 4.79 Å². The van der Waals surface area contributed by atoms with Gasteiger partial charge in [-0.2, -0.15) is 0 Å². The van der Waals surface area contributed by atoms with Gasteiger partial charge in [-0.15, -0.1) is 0 Å². The van der Waals surface area contributed by atoms with Gasteiger partial charge in [-0.1, -0.05) is 0 Å². The molecular weight excluding hydrogens is 248 g/mol. The third kappa shape index (κ3) is 1.62. The van der Waals surface area contributed by atoms with Crippen LogP contribution in [0.25, 0.3) is 0 Å². The van der Waals surface area contributed by atoms with Crippen molar-refractivity contribution < 1.29 is 9.53 Å². The maximum atomic E-state index is 10.7. The molecule has 1 fully saturated rings. The lowest BCUT2D eigenvalue weighted by molar-refractivity contribution is -0.0596. The van der Waals surface area contributed by atoms with Crippen molar-refractivity contribution in [2.75, 3.05) is 6.61 Å². The first-order valence-corrected chi connectivity index (χ1v) is 5.31. The average Bonchev–Trinajstić information content (AvgIpc) is 2.37. The van der Waals surface area contributed by atoms with E-state index in [2.05, 4.69) is 20.9 Å². The Morgan fingerprint density at radius 2 is 2.50 bits per heavy atom. The molecule has 14 heavy (non-hydrogen) atoms. The first kappa shape index (κ1) is 9.86. The number of carbonyl (C=O) groups excluding carboxylic acids is 1. The Morgan fingerprint density at radius 1 is 1.79 bits per heavy atom. The lowest BCUT2D eigenvalue weighted by Crippen LogP contribution is -2.32. The van der Waals surface area contributed by atoms with Crippen LogP contribution in [0.1, 0.15) is 22.7 Å². The van der Waals surface area contributed by atoms with E-state index in [1.807, 2.05) is 11.5 Å². The second-order valence-electron chi connectivity index (χ2n) is 3.36. The highest BCUT2D eigenvalue weighted by Gasteiger charge is 2.21. The molecule has 1 aliphatic rings. The van der Waals surface area contributed by atoms with E-state index in [-0.39, 0.29) is 6.10 Å². The Bertz CT molecular complexity index is 358. The van der Waals surface area contributed by atoms with Crippen LogP contribution in [-0.4, -0.2) is 28.5 Å². The molecule has 0 spiro atoms. The Labute approximate surface area is 90.4 Å². The Morgan fingerprint density at radius 3 is 3.00 bits per heavy atom. The van der Waals surface area contributed by atoms with Gasteiger partial charge in [-0.05, 0) is 29.3 Å². The number of rotatable bonds is 3. The Kier molecular flexibility index (Phi) is 2.69. The largest absolute Gasteiger partial charge is 0.376 e. The molecule has 0 amide bonds. The number of aromatic nitrogens is 2. The highest BCUT2D eigenvalue weighted by Crippen LogP contribution is 2.20. The predicted octanol–water partition coefficient (Wildman–Crippen LogP) is 1.56. The van der Waals surface area contributed by atoms with E-state index in [0.29, 0.717) is 5.82 Å². The average molecular weight is 259 g/mol. The lowest BCUT2D eigenvalue weighted by Gasteiger charge is -2.27. The van der Waals surface area contributed by atoms with Crippen LogP contribution in [0, 0.1) is 6.92 Å². The molecule has 0 radical (unpaired) electrons. The monoisotopic (exact) mass is 258 g/mol. The smallest absolute Gasteiger partial charge is 0.185 e. The molecule has 4 nitrogen and oxygen atoms in total. The van der Waals surface area contributed by atoms with Crippen molar-refractivity contribution in [3.63, 3.8) is 0 Å². The molecule has 2 rings (SSSR count). The standard InChI is InChI=1S/C9H11BrN2O2/c1-6-9(10)11-8(5-13)12(6)4-7-2-3-14-7/h5,7H,2-4H2,1H3. The molecular formula is C9H11BrN2O2. The molecule has 1 saturated heterocycles. The van der Waals surface area contributed by atoms with Crippen molar-refractivity contribution in [3.8, 4) is 0 Å². The fourth-order valence-electron chi connectivity index (χ4n) is 1.48. The summed E-state index contributed by atoms with van der Waals surface area (Å²) < 4.78 is 7.94. The topological polar surface area (TPSA) is 44.1 Å². The van der Waals surface area contributed by atoms with Gasteiger partial charge < -0.3 is 9.30 Å². The summed E-state index contributed by atoms with van der Waals surface area (Å²) >= 11 is 3.31. The van der Waals surface area contributed by atoms with E-state index in [0.717, 1.165) is 36.2 Å². The van der Waals surface area contributed by atoms with Gasteiger partial charge in [0.05, 0.1) is 12.6 Å². The van der Waals surface area contributed by atoms with Crippen molar-refractivity contribution in [1.29, 1.82) is 0 Å². The van der Waals surface area contributed by atoms with E-state index < -0.39 is 0 Å². The van der Waals surface area contributed by atoms with Gasteiger partial charge in [0.1, 0.15) is 4.60 Å². The van der Waals surface area contributed by atoms with Crippen molar-refractivity contribution in [2.24, 2.45) is 0 Å². The van der Waals surface area contributed by atoms with Gasteiger partial charge >= 0.3 is 0 Å². The summed E-state index contributed by atoms with van der Waals surface area (Å²) in [7, 11) is 0. The van der Waals surface area contributed by atoms with Gasteiger partial charge in [0, 0.05) is 12.3 Å². The summed E-state index contributed by atoms with van der Waals surface area (Å²) in [5.41, 5.74) is 0.975. The van der Waals surface area contributed by atoms with Crippen LogP contribution in [0.15, 0.2) is 4.60 Å². The van der Waals surface area contributed by atoms with Crippen LogP contribution in [-0.2, 0) is 11.3 Å². The molecule has 5 heteroatoms. The Balaban J connectivity index is 2.24. The van der Waals surface area contributed by atoms with E-state index in [1.165, 1.54) is 0 Å². The second-order valence-corrected chi connectivity index (χ2v) is 4.11. The summed E-state index contributed by atoms with van der Waals surface area (Å²) in [4.78, 5) is 14.8. The molecule has 1 unspecified atom stereocenters. The van der Waals surface area contributed by atoms with E-state index >= 15 is 0 Å². The number of hydrogen-bond acceptors (Lipinski definition) is 3. The zero-order valence-electron chi connectivity index (χ0n) is 7.86. The van der Waals surface area contributed by atoms with Crippen molar-refractivity contribution in [2.45, 2.75) is 26.0 Å². The normalized spacial score (nSPS) is 20.6. The van der Waals surface area contributed by atoms with Crippen molar-refractivity contribution >= 4 is 22.2 Å². The van der Waals surface area contributed by atoms with Crippen molar-refractivity contribution in [3.05, 3.63) is 16.1 Å². The number of halogens is 1. The molecule has 0 aromatic carbocycles. The fraction of sp³-hybridized carbons (Fsp3) is 0.556. The van der Waals surface area contributed by atoms with Gasteiger partial charge in [0.15, 0.2) is 12.1 Å². The highest BCUT2D eigenvalue weighted by molar-refractivity contribution is 9.10. The summed E-state index contributed by atoms with van der Waals surface area (Å²) in [5.74, 6) is 0.463. The maximum Gasteiger partial charge on any atom is 0.185 e. The third-order valence-electron chi connectivity index (χ3n) is 2.48. The first-order chi connectivity index (χ1) is 6.72. The number of nitrogens with zero attached hydrogens (tertiary/aromatic N) is 2. The van der Waals surface area contributed by atoms with Crippen LogP contribution >= 0.6 is 15.9 Å². The van der Waals surface area contributed by atoms with Crippen LogP contribution in [0.2, 0.25) is 0 Å². The van der Waals surface area contributed by atoms with Gasteiger partial charge in [0.25, 0.3) is 0 Å². The molecule has 0 saturated carbocycles. The number of ether oxygens (including phenoxy) is 1. The summed E-state index contributed by atoms with van der Waals surface area (Å²) in [6, 6.07) is 0. The van der Waals surface area contributed by atoms with E-state index in [4.69, 9.17) is 4.74 Å². The Hall–Kier alpha value is -0.680. The molecule has 0 aliphatic carbocycles. The molecule has 1 aliphatic heterocycles. The zero-order valence-corrected chi connectivity index (χ0v) is 9.45. The fourth-order valence-corrected chi connectivity index (χ4v) is 1.87. The maximum absolute atomic E-state index is 10.7. The quantitative estimate of drug-likeness (QED) is 0.773. The predicted molar refractivity (Wildman–Crippen MR) is 54.4 cm³/mol. The van der Waals surface area contributed by atoms with Crippen molar-refractivity contribution in [1.82, 2.24) is 9.55 Å². The molecule has 1 atom stereocenters. The SMILES string of the molecule is Cc1c(Br)nc(C=O)n1CC1CCO1. The molecule has 0 N–H and O–H groups in total. The van der Waals surface area contributed by atoms with Crippen LogP contribution in [0.3, 0.4) is 0 Å². The molecule has 1 aromatic rings. The minimum absolute atomic E-state index is 0.244. The van der Waals surface area contributed by atoms with E-state index in [9.17, 15) is 4.79 Å². The minimum atomic E-state index is 0.244. The number of aldehydes is 1. The molecule has 0 bridgehead atoms. The number of carbonyl (C=O) groups is 1. The first-order valence-electron chi connectivity index (χ1n) is 4.51. The van der Waals surface area contributed by atoms with Gasteiger partial charge in [0.2, 0.25) is 0 Å². The third-order valence-corrected chi connectivity index (χ3v) is 3.23. The minimum Gasteiger partial charge on any atom is -0.376 e. The number of hydrogen-bond donors (Lipinski definition) is 0. The molecule has 1 aromatic heterocycles. The van der Waals surface area contributed by atoms with Crippen LogP contribution < -0.4 is 0 Å². The summed E-state index contributed by atoms with van der Waals surface area (Å²) in [6.07, 6.45) is 2.08. The zero-order chi connectivity index (χ0) is 10.1.